The van der Waals surface area contributed by atoms with Crippen LogP contribution in [0, 0.1) is 5.92 Å². The molecule has 5 nitrogen and oxygen atoms in total. The molecule has 0 bridgehead atoms. The fourth-order valence-electron chi connectivity index (χ4n) is 1.20. The maximum Gasteiger partial charge on any atom is 0.241 e. The molecule has 0 aliphatic rings. The van der Waals surface area contributed by atoms with Crippen molar-refractivity contribution in [2.24, 2.45) is 5.92 Å². The van der Waals surface area contributed by atoms with Crippen molar-refractivity contribution in [2.75, 3.05) is 27.7 Å². The Morgan fingerprint density at radius 2 is 1.80 bits per heavy atom. The van der Waals surface area contributed by atoms with E-state index in [2.05, 4.69) is 10.6 Å². The number of amides is 2. The highest BCUT2D eigenvalue weighted by Gasteiger charge is 2.20. The topological polar surface area (TPSA) is 61.4 Å². The molecule has 0 aliphatic carbocycles. The van der Waals surface area contributed by atoms with Crippen LogP contribution in [0.4, 0.5) is 0 Å². The number of hydrogen-bond acceptors (Lipinski definition) is 3. The molecule has 15 heavy (non-hydrogen) atoms. The summed E-state index contributed by atoms with van der Waals surface area (Å²) in [5, 5.41) is 5.52. The second-order valence-electron chi connectivity index (χ2n) is 4.02. The minimum Gasteiger partial charge on any atom is -0.347 e. The highest BCUT2D eigenvalue weighted by Crippen LogP contribution is 2.00. The number of carbonyl (C=O) groups is 2. The van der Waals surface area contributed by atoms with Gasteiger partial charge in [0.15, 0.2) is 0 Å². The fourth-order valence-corrected chi connectivity index (χ4v) is 1.20. The van der Waals surface area contributed by atoms with Crippen molar-refractivity contribution in [1.82, 2.24) is 15.5 Å². The molecule has 0 aliphatic heterocycles. The molecule has 0 heterocycles. The number of carbonyl (C=O) groups excluding carboxylic acids is 2. The summed E-state index contributed by atoms with van der Waals surface area (Å²) in [4.78, 5) is 24.3. The Balaban J connectivity index is 4.07. The van der Waals surface area contributed by atoms with Gasteiger partial charge in [-0.15, -0.1) is 0 Å². The Hall–Kier alpha value is -1.10. The van der Waals surface area contributed by atoms with E-state index in [4.69, 9.17) is 0 Å². The molecule has 0 aromatic carbocycles. The smallest absolute Gasteiger partial charge is 0.241 e. The number of nitrogens with one attached hydrogen (secondary N) is 2. The summed E-state index contributed by atoms with van der Waals surface area (Å²) in [6, 6.07) is -0.250. The summed E-state index contributed by atoms with van der Waals surface area (Å²) in [5.41, 5.74) is 0. The zero-order valence-electron chi connectivity index (χ0n) is 10.1. The lowest BCUT2D eigenvalue weighted by molar-refractivity contribution is -0.131. The molecule has 88 valence electrons. The molecule has 1 atom stereocenters. The third-order valence-electron chi connectivity index (χ3n) is 2.17. The van der Waals surface area contributed by atoms with Gasteiger partial charge in [0.1, 0.15) is 0 Å². The van der Waals surface area contributed by atoms with Crippen LogP contribution < -0.4 is 10.6 Å². The Bertz CT molecular complexity index is 227. The molecule has 1 unspecified atom stereocenters. The van der Waals surface area contributed by atoms with Gasteiger partial charge < -0.3 is 15.5 Å². The summed E-state index contributed by atoms with van der Waals surface area (Å²) in [5.74, 6) is -0.0471. The quantitative estimate of drug-likeness (QED) is 0.646. The zero-order valence-corrected chi connectivity index (χ0v) is 10.1. The van der Waals surface area contributed by atoms with Crippen LogP contribution >= 0.6 is 0 Å². The second-order valence-corrected chi connectivity index (χ2v) is 4.02. The first-order valence-electron chi connectivity index (χ1n) is 5.05. The van der Waals surface area contributed by atoms with Crippen molar-refractivity contribution in [3.05, 3.63) is 0 Å². The van der Waals surface area contributed by atoms with E-state index < -0.39 is 0 Å². The predicted octanol–water partition coefficient (Wildman–Crippen LogP) is -0.565. The first kappa shape index (κ1) is 13.9. The molecule has 0 rings (SSSR count). The van der Waals surface area contributed by atoms with E-state index in [-0.39, 0.29) is 30.3 Å². The summed E-state index contributed by atoms with van der Waals surface area (Å²) < 4.78 is 0. The van der Waals surface area contributed by atoms with Crippen LogP contribution in [0.3, 0.4) is 0 Å². The third kappa shape index (κ3) is 4.78. The molecule has 0 aromatic heterocycles. The van der Waals surface area contributed by atoms with E-state index in [1.54, 1.807) is 21.1 Å². The third-order valence-corrected chi connectivity index (χ3v) is 2.17. The van der Waals surface area contributed by atoms with E-state index in [0.29, 0.717) is 0 Å². The molecule has 0 saturated heterocycles. The van der Waals surface area contributed by atoms with E-state index in [1.165, 1.54) is 4.90 Å². The van der Waals surface area contributed by atoms with E-state index in [1.807, 2.05) is 13.8 Å². The van der Waals surface area contributed by atoms with E-state index in [9.17, 15) is 9.59 Å². The number of nitrogens with zero attached hydrogens (tertiary/aromatic N) is 1. The Labute approximate surface area is 91.2 Å². The van der Waals surface area contributed by atoms with Gasteiger partial charge in [-0.25, -0.2) is 0 Å². The Kier molecular flexibility index (Phi) is 5.93. The first-order valence-corrected chi connectivity index (χ1v) is 5.05. The maximum atomic E-state index is 11.6. The monoisotopic (exact) mass is 215 g/mol. The van der Waals surface area contributed by atoms with Gasteiger partial charge in [-0.2, -0.15) is 0 Å². The van der Waals surface area contributed by atoms with Crippen molar-refractivity contribution in [2.45, 2.75) is 19.9 Å². The number of likely N-dealkylation sites (N-methyl/N-ethyl adjacent to an activating group) is 2. The van der Waals surface area contributed by atoms with Crippen molar-refractivity contribution >= 4 is 11.8 Å². The predicted molar refractivity (Wildman–Crippen MR) is 59.4 cm³/mol. The SMILES string of the molecule is CNC(C(=O)NCC(=O)N(C)C)C(C)C. The van der Waals surface area contributed by atoms with Crippen LogP contribution in [-0.4, -0.2) is 50.4 Å². The molecule has 2 amide bonds. The van der Waals surface area contributed by atoms with Crippen molar-refractivity contribution in [3.8, 4) is 0 Å². The molecule has 0 spiro atoms. The van der Waals surface area contributed by atoms with Crippen LogP contribution in [0.5, 0.6) is 0 Å². The van der Waals surface area contributed by atoms with Crippen LogP contribution in [0.15, 0.2) is 0 Å². The van der Waals surface area contributed by atoms with Crippen molar-refractivity contribution in [3.63, 3.8) is 0 Å². The van der Waals surface area contributed by atoms with Crippen LogP contribution in [0.25, 0.3) is 0 Å². The lowest BCUT2D eigenvalue weighted by Crippen LogP contribution is -2.48. The van der Waals surface area contributed by atoms with Gasteiger partial charge in [-0.3, -0.25) is 9.59 Å². The van der Waals surface area contributed by atoms with E-state index >= 15 is 0 Å². The maximum absolute atomic E-state index is 11.6. The highest BCUT2D eigenvalue weighted by molar-refractivity contribution is 5.87. The van der Waals surface area contributed by atoms with Gasteiger partial charge in [-0.1, -0.05) is 13.8 Å². The minimum atomic E-state index is -0.250. The molecule has 5 heteroatoms. The van der Waals surface area contributed by atoms with Gasteiger partial charge in [0.05, 0.1) is 12.6 Å². The highest BCUT2D eigenvalue weighted by atomic mass is 16.2. The first-order chi connectivity index (χ1) is 6.90. The molecule has 0 radical (unpaired) electrons. The molecule has 2 N–H and O–H groups in total. The lowest BCUT2D eigenvalue weighted by atomic mass is 10.0. The zero-order chi connectivity index (χ0) is 12.0. The average Bonchev–Trinajstić information content (AvgIpc) is 2.14. The summed E-state index contributed by atoms with van der Waals surface area (Å²) in [6.45, 7) is 3.96. The minimum absolute atomic E-state index is 0.0523. The van der Waals surface area contributed by atoms with Gasteiger partial charge in [0.2, 0.25) is 11.8 Å². The normalized spacial score (nSPS) is 12.4. The molecule has 0 fully saturated rings. The summed E-state index contributed by atoms with van der Waals surface area (Å²) >= 11 is 0. The van der Waals surface area contributed by atoms with Crippen LogP contribution in [0.2, 0.25) is 0 Å². The van der Waals surface area contributed by atoms with Gasteiger partial charge in [0, 0.05) is 14.1 Å². The fraction of sp³-hybridized carbons (Fsp3) is 0.800. The summed E-state index contributed by atoms with van der Waals surface area (Å²) in [7, 11) is 5.05. The van der Waals surface area contributed by atoms with Gasteiger partial charge >= 0.3 is 0 Å². The molecule has 0 saturated carbocycles. The Morgan fingerprint density at radius 1 is 1.27 bits per heavy atom. The van der Waals surface area contributed by atoms with E-state index in [0.717, 1.165) is 0 Å². The summed E-state index contributed by atoms with van der Waals surface area (Å²) in [6.07, 6.45) is 0. The number of hydrogen-bond donors (Lipinski definition) is 2. The second kappa shape index (κ2) is 6.40. The largest absolute Gasteiger partial charge is 0.347 e. The van der Waals surface area contributed by atoms with Gasteiger partial charge in [-0.05, 0) is 13.0 Å². The van der Waals surface area contributed by atoms with Gasteiger partial charge in [0.25, 0.3) is 0 Å². The molecular formula is C10H21N3O2. The lowest BCUT2D eigenvalue weighted by Gasteiger charge is -2.19. The molecular weight excluding hydrogens is 194 g/mol. The van der Waals surface area contributed by atoms with Crippen molar-refractivity contribution < 1.29 is 9.59 Å². The average molecular weight is 215 g/mol. The standard InChI is InChI=1S/C10H21N3O2/c1-7(2)9(11-3)10(15)12-6-8(14)13(4)5/h7,9,11H,6H2,1-5H3,(H,12,15). The van der Waals surface area contributed by atoms with Crippen LogP contribution in [-0.2, 0) is 9.59 Å². The number of rotatable bonds is 5. The van der Waals surface area contributed by atoms with Crippen LogP contribution in [0.1, 0.15) is 13.8 Å². The Morgan fingerprint density at radius 3 is 2.13 bits per heavy atom. The van der Waals surface area contributed by atoms with Crippen molar-refractivity contribution in [1.29, 1.82) is 0 Å². The molecule has 0 aromatic rings.